The van der Waals surface area contributed by atoms with Crippen LogP contribution < -0.4 is 0 Å². The smallest absolute Gasteiger partial charge is 0.147 e. The van der Waals surface area contributed by atoms with Crippen molar-refractivity contribution < 1.29 is 32.7 Å². The molecule has 131 valence electrons. The SMILES string of the molecule is C.C.C.CC(C)N1CCCC1.Cc1nc(C(C)C)n(C)n1.[Y]. The molecule has 1 fully saturated rings. The predicted molar refractivity (Wildman–Crippen MR) is 96.0 cm³/mol. The molecule has 1 saturated heterocycles. The van der Waals surface area contributed by atoms with Gasteiger partial charge in [0.1, 0.15) is 11.6 Å². The number of hydrogen-bond acceptors (Lipinski definition) is 3. The van der Waals surface area contributed by atoms with E-state index in [-0.39, 0.29) is 55.0 Å². The molecule has 4 nitrogen and oxygen atoms in total. The van der Waals surface area contributed by atoms with Crippen LogP contribution in [0.3, 0.4) is 0 Å². The largest absolute Gasteiger partial charge is 0.301 e. The molecule has 1 aliphatic heterocycles. The Kier molecular flexibility index (Phi) is 20.2. The van der Waals surface area contributed by atoms with Gasteiger partial charge in [0.15, 0.2) is 0 Å². The first-order valence-electron chi connectivity index (χ1n) is 7.03. The number of hydrogen-bond donors (Lipinski definition) is 0. The average molecular weight is 389 g/mol. The van der Waals surface area contributed by atoms with E-state index in [9.17, 15) is 0 Å². The number of likely N-dealkylation sites (tertiary alicyclic amines) is 1. The summed E-state index contributed by atoms with van der Waals surface area (Å²) in [4.78, 5) is 6.79. The van der Waals surface area contributed by atoms with Gasteiger partial charge in [-0.25, -0.2) is 4.98 Å². The zero-order valence-electron chi connectivity index (χ0n) is 13.3. The molecule has 1 radical (unpaired) electrons. The van der Waals surface area contributed by atoms with E-state index in [1.54, 1.807) is 0 Å². The molecule has 22 heavy (non-hydrogen) atoms. The first kappa shape index (κ1) is 30.1. The van der Waals surface area contributed by atoms with Gasteiger partial charge in [-0.05, 0) is 46.7 Å². The molecule has 0 aliphatic carbocycles. The Labute approximate surface area is 165 Å². The Hall–Kier alpha value is 0.204. The van der Waals surface area contributed by atoms with Gasteiger partial charge in [0.2, 0.25) is 0 Å². The average Bonchev–Trinajstić information content (AvgIpc) is 2.88. The maximum absolute atomic E-state index is 4.26. The summed E-state index contributed by atoms with van der Waals surface area (Å²) in [6, 6.07) is 0.775. The fraction of sp³-hybridized carbons (Fsp3) is 0.882. The Balaban J connectivity index is -0.000000126. The summed E-state index contributed by atoms with van der Waals surface area (Å²) >= 11 is 0. The van der Waals surface area contributed by atoms with Crippen molar-refractivity contribution in [2.45, 2.75) is 81.7 Å². The summed E-state index contributed by atoms with van der Waals surface area (Å²) in [5, 5.41) is 4.14. The van der Waals surface area contributed by atoms with Gasteiger partial charge in [0.25, 0.3) is 0 Å². The zero-order valence-corrected chi connectivity index (χ0v) is 16.2. The van der Waals surface area contributed by atoms with E-state index >= 15 is 0 Å². The fourth-order valence-corrected chi connectivity index (χ4v) is 2.29. The Morgan fingerprint density at radius 3 is 1.59 bits per heavy atom. The van der Waals surface area contributed by atoms with Crippen molar-refractivity contribution >= 4 is 0 Å². The Morgan fingerprint density at radius 2 is 1.41 bits per heavy atom. The molecule has 2 rings (SSSR count). The Morgan fingerprint density at radius 1 is 0.955 bits per heavy atom. The van der Waals surface area contributed by atoms with Gasteiger partial charge in [-0.15, -0.1) is 0 Å². The molecule has 1 aliphatic rings. The van der Waals surface area contributed by atoms with Crippen LogP contribution in [0.2, 0.25) is 0 Å². The molecule has 0 aromatic carbocycles. The normalized spacial score (nSPS) is 13.3. The molecule has 0 saturated carbocycles. The summed E-state index contributed by atoms with van der Waals surface area (Å²) in [6.07, 6.45) is 2.83. The Bertz CT molecular complexity index is 356. The minimum Gasteiger partial charge on any atom is -0.301 e. The first-order chi connectivity index (χ1) is 8.41. The summed E-state index contributed by atoms with van der Waals surface area (Å²) in [5.41, 5.74) is 0. The third kappa shape index (κ3) is 10.1. The second kappa shape index (κ2) is 14.8. The maximum atomic E-state index is 4.26. The second-order valence-corrected chi connectivity index (χ2v) is 5.63. The minimum absolute atomic E-state index is 0. The molecule has 0 amide bonds. The fourth-order valence-electron chi connectivity index (χ4n) is 2.29. The van der Waals surface area contributed by atoms with E-state index in [1.807, 2.05) is 18.7 Å². The molecular weight excluding hydrogens is 349 g/mol. The molecule has 2 heterocycles. The molecule has 0 bridgehead atoms. The molecule has 5 heteroatoms. The summed E-state index contributed by atoms with van der Waals surface area (Å²) in [7, 11) is 1.93. The van der Waals surface area contributed by atoms with Gasteiger partial charge in [0, 0.05) is 51.7 Å². The first-order valence-corrected chi connectivity index (χ1v) is 7.03. The van der Waals surface area contributed by atoms with Gasteiger partial charge in [-0.1, -0.05) is 36.1 Å². The third-order valence-electron chi connectivity index (χ3n) is 3.29. The van der Waals surface area contributed by atoms with Crippen molar-refractivity contribution in [1.29, 1.82) is 0 Å². The van der Waals surface area contributed by atoms with Crippen molar-refractivity contribution in [2.24, 2.45) is 7.05 Å². The van der Waals surface area contributed by atoms with Crippen molar-refractivity contribution in [2.75, 3.05) is 13.1 Å². The van der Waals surface area contributed by atoms with Crippen LogP contribution in [0, 0.1) is 6.92 Å². The van der Waals surface area contributed by atoms with E-state index in [1.165, 1.54) is 25.9 Å². The van der Waals surface area contributed by atoms with E-state index in [0.29, 0.717) is 5.92 Å². The van der Waals surface area contributed by atoms with Crippen LogP contribution >= 0.6 is 0 Å². The molecular formula is C17H40N4Y. The van der Waals surface area contributed by atoms with Crippen molar-refractivity contribution in [3.63, 3.8) is 0 Å². The van der Waals surface area contributed by atoms with Crippen molar-refractivity contribution in [3.05, 3.63) is 11.6 Å². The van der Waals surface area contributed by atoms with E-state index in [2.05, 4.69) is 42.7 Å². The molecule has 1 aromatic rings. The number of nitrogens with zero attached hydrogens (tertiary/aromatic N) is 4. The van der Waals surface area contributed by atoms with Crippen LogP contribution in [0.25, 0.3) is 0 Å². The zero-order chi connectivity index (χ0) is 13.7. The van der Waals surface area contributed by atoms with E-state index < -0.39 is 0 Å². The molecule has 0 spiro atoms. The minimum atomic E-state index is 0. The quantitative estimate of drug-likeness (QED) is 0.739. The van der Waals surface area contributed by atoms with Crippen LogP contribution in [0.1, 0.15) is 80.4 Å². The van der Waals surface area contributed by atoms with Crippen LogP contribution in [0.5, 0.6) is 0 Å². The van der Waals surface area contributed by atoms with Gasteiger partial charge in [-0.3, -0.25) is 4.68 Å². The second-order valence-electron chi connectivity index (χ2n) is 5.63. The van der Waals surface area contributed by atoms with Crippen LogP contribution in [-0.4, -0.2) is 38.8 Å². The van der Waals surface area contributed by atoms with E-state index in [0.717, 1.165) is 17.7 Å². The number of aryl methyl sites for hydroxylation is 2. The van der Waals surface area contributed by atoms with Crippen LogP contribution in [0.4, 0.5) is 0 Å². The number of rotatable bonds is 2. The summed E-state index contributed by atoms with van der Waals surface area (Å²) < 4.78 is 1.83. The van der Waals surface area contributed by atoms with Gasteiger partial charge in [-0.2, -0.15) is 5.10 Å². The third-order valence-corrected chi connectivity index (χ3v) is 3.29. The van der Waals surface area contributed by atoms with Gasteiger partial charge >= 0.3 is 0 Å². The summed E-state index contributed by atoms with van der Waals surface area (Å²) in [6.45, 7) is 13.3. The van der Waals surface area contributed by atoms with Crippen molar-refractivity contribution in [1.82, 2.24) is 19.7 Å². The molecule has 0 atom stereocenters. The van der Waals surface area contributed by atoms with Crippen molar-refractivity contribution in [3.8, 4) is 0 Å². The molecule has 0 N–H and O–H groups in total. The monoisotopic (exact) mass is 389 g/mol. The van der Waals surface area contributed by atoms with Crippen LogP contribution in [0.15, 0.2) is 0 Å². The van der Waals surface area contributed by atoms with Gasteiger partial charge < -0.3 is 4.90 Å². The summed E-state index contributed by atoms with van der Waals surface area (Å²) in [5.74, 6) is 2.37. The molecule has 1 aromatic heterocycles. The standard InChI is InChI=1S/C7H13N3.C7H15N.3CH4.Y/c1-5(2)7-8-6(3)9-10(7)4;1-7(2)8-5-3-4-6-8;;;;/h5H,1-4H3;7H,3-6H2,1-2H3;3*1H4;. The van der Waals surface area contributed by atoms with Crippen LogP contribution in [-0.2, 0) is 39.8 Å². The van der Waals surface area contributed by atoms with E-state index in [4.69, 9.17) is 0 Å². The number of aromatic nitrogens is 3. The van der Waals surface area contributed by atoms with Gasteiger partial charge in [0.05, 0.1) is 0 Å². The topological polar surface area (TPSA) is 34.0 Å². The molecule has 0 unspecified atom stereocenters. The predicted octanol–water partition coefficient (Wildman–Crippen LogP) is 4.64. The maximum Gasteiger partial charge on any atom is 0.147 e.